The normalized spacial score (nSPS) is 13.3. The molecule has 0 atom stereocenters. The third kappa shape index (κ3) is 4.11. The molecule has 0 aliphatic rings. The Bertz CT molecular complexity index is 209. The smallest absolute Gasteiger partial charge is 0.162 e. The van der Waals surface area contributed by atoms with Crippen LogP contribution in [0.1, 0.15) is 34.6 Å². The summed E-state index contributed by atoms with van der Waals surface area (Å²) in [6.07, 6.45) is 1.71. The molecular formula is C11H21NO. The third-order valence-corrected chi connectivity index (χ3v) is 1.94. The summed E-state index contributed by atoms with van der Waals surface area (Å²) in [6.45, 7) is 9.93. The van der Waals surface area contributed by atoms with Gasteiger partial charge < -0.3 is 5.32 Å². The SMILES string of the molecule is CN/C(=C/C(=O)C(C)(C)C)C(C)C. The Morgan fingerprint density at radius 2 is 1.77 bits per heavy atom. The van der Waals surface area contributed by atoms with E-state index in [1.54, 1.807) is 6.08 Å². The lowest BCUT2D eigenvalue weighted by Crippen LogP contribution is -2.21. The van der Waals surface area contributed by atoms with Crippen LogP contribution < -0.4 is 5.32 Å². The van der Waals surface area contributed by atoms with Crippen LogP contribution in [-0.2, 0) is 4.79 Å². The summed E-state index contributed by atoms with van der Waals surface area (Å²) in [5, 5.41) is 3.04. The zero-order valence-electron chi connectivity index (χ0n) is 9.56. The third-order valence-electron chi connectivity index (χ3n) is 1.94. The lowest BCUT2D eigenvalue weighted by molar-refractivity contribution is -0.121. The van der Waals surface area contributed by atoms with Gasteiger partial charge in [0, 0.05) is 24.2 Å². The zero-order chi connectivity index (χ0) is 10.6. The van der Waals surface area contributed by atoms with Gasteiger partial charge in [-0.25, -0.2) is 0 Å². The molecule has 0 saturated heterocycles. The molecule has 0 aliphatic heterocycles. The van der Waals surface area contributed by atoms with Gasteiger partial charge in [-0.1, -0.05) is 34.6 Å². The van der Waals surface area contributed by atoms with Gasteiger partial charge in [0.15, 0.2) is 5.78 Å². The van der Waals surface area contributed by atoms with Crippen molar-refractivity contribution in [1.29, 1.82) is 0 Å². The maximum absolute atomic E-state index is 11.6. The second kappa shape index (κ2) is 4.45. The number of ketones is 1. The highest BCUT2D eigenvalue weighted by Gasteiger charge is 2.19. The van der Waals surface area contributed by atoms with Gasteiger partial charge in [-0.05, 0) is 5.92 Å². The van der Waals surface area contributed by atoms with Crippen molar-refractivity contribution in [3.63, 3.8) is 0 Å². The van der Waals surface area contributed by atoms with E-state index in [0.717, 1.165) is 5.70 Å². The Morgan fingerprint density at radius 1 is 1.31 bits per heavy atom. The van der Waals surface area contributed by atoms with E-state index in [2.05, 4.69) is 19.2 Å². The van der Waals surface area contributed by atoms with E-state index >= 15 is 0 Å². The highest BCUT2D eigenvalue weighted by atomic mass is 16.1. The molecule has 0 aromatic rings. The quantitative estimate of drug-likeness (QED) is 0.680. The highest BCUT2D eigenvalue weighted by molar-refractivity contribution is 5.94. The first-order valence-corrected chi connectivity index (χ1v) is 4.72. The minimum atomic E-state index is -0.281. The van der Waals surface area contributed by atoms with Crippen molar-refractivity contribution in [3.8, 4) is 0 Å². The van der Waals surface area contributed by atoms with E-state index < -0.39 is 0 Å². The van der Waals surface area contributed by atoms with E-state index in [4.69, 9.17) is 0 Å². The molecule has 2 heteroatoms. The fraction of sp³-hybridized carbons (Fsp3) is 0.727. The van der Waals surface area contributed by atoms with Crippen LogP contribution in [0.4, 0.5) is 0 Å². The predicted octanol–water partition coefficient (Wildman–Crippen LogP) is 2.36. The number of hydrogen-bond donors (Lipinski definition) is 1. The van der Waals surface area contributed by atoms with E-state index in [-0.39, 0.29) is 11.2 Å². The van der Waals surface area contributed by atoms with Crippen LogP contribution in [0.5, 0.6) is 0 Å². The lowest BCUT2D eigenvalue weighted by atomic mass is 9.89. The Morgan fingerprint density at radius 3 is 2.00 bits per heavy atom. The summed E-state index contributed by atoms with van der Waals surface area (Å²) >= 11 is 0. The summed E-state index contributed by atoms with van der Waals surface area (Å²) < 4.78 is 0. The average molecular weight is 183 g/mol. The number of carbonyl (C=O) groups is 1. The summed E-state index contributed by atoms with van der Waals surface area (Å²) in [7, 11) is 1.85. The molecule has 0 radical (unpaired) electrons. The van der Waals surface area contributed by atoms with Gasteiger partial charge in [-0.15, -0.1) is 0 Å². The fourth-order valence-corrected chi connectivity index (χ4v) is 0.885. The first-order valence-electron chi connectivity index (χ1n) is 4.72. The summed E-state index contributed by atoms with van der Waals surface area (Å²) in [5.74, 6) is 0.543. The first kappa shape index (κ1) is 12.2. The molecule has 0 heterocycles. The van der Waals surface area contributed by atoms with Crippen molar-refractivity contribution in [2.24, 2.45) is 11.3 Å². The van der Waals surface area contributed by atoms with E-state index in [1.165, 1.54) is 0 Å². The van der Waals surface area contributed by atoms with Crippen LogP contribution in [0.2, 0.25) is 0 Å². The molecule has 0 aromatic heterocycles. The molecule has 0 fully saturated rings. The molecule has 2 nitrogen and oxygen atoms in total. The van der Waals surface area contributed by atoms with Crippen molar-refractivity contribution >= 4 is 5.78 Å². The molecule has 76 valence electrons. The van der Waals surface area contributed by atoms with Crippen molar-refractivity contribution in [2.75, 3.05) is 7.05 Å². The zero-order valence-corrected chi connectivity index (χ0v) is 9.56. The standard InChI is InChI=1S/C11H21NO/c1-8(2)9(12-6)7-10(13)11(3,4)5/h7-8,12H,1-6H3/b9-7+. The van der Waals surface area contributed by atoms with Crippen LogP contribution >= 0.6 is 0 Å². The molecule has 0 bridgehead atoms. The van der Waals surface area contributed by atoms with Crippen molar-refractivity contribution < 1.29 is 4.79 Å². The molecule has 13 heavy (non-hydrogen) atoms. The molecule has 0 aliphatic carbocycles. The fourth-order valence-electron chi connectivity index (χ4n) is 0.885. The molecule has 0 aromatic carbocycles. The van der Waals surface area contributed by atoms with Gasteiger partial charge >= 0.3 is 0 Å². The topological polar surface area (TPSA) is 29.1 Å². The Labute approximate surface area is 81.4 Å². The monoisotopic (exact) mass is 183 g/mol. The molecule has 0 spiro atoms. The van der Waals surface area contributed by atoms with Crippen LogP contribution in [0.3, 0.4) is 0 Å². The second-order valence-electron chi connectivity index (χ2n) is 4.62. The van der Waals surface area contributed by atoms with Gasteiger partial charge in [0.05, 0.1) is 0 Å². The number of hydrogen-bond acceptors (Lipinski definition) is 2. The van der Waals surface area contributed by atoms with Gasteiger partial charge in [-0.2, -0.15) is 0 Å². The average Bonchev–Trinajstić information content (AvgIpc) is 1.96. The molecule has 0 unspecified atom stereocenters. The molecule has 1 N–H and O–H groups in total. The number of rotatable bonds is 3. The van der Waals surface area contributed by atoms with Crippen LogP contribution in [-0.4, -0.2) is 12.8 Å². The Balaban J connectivity index is 4.62. The maximum Gasteiger partial charge on any atom is 0.162 e. The van der Waals surface area contributed by atoms with Gasteiger partial charge in [0.25, 0.3) is 0 Å². The molecule has 0 saturated carbocycles. The second-order valence-corrected chi connectivity index (χ2v) is 4.62. The molecular weight excluding hydrogens is 162 g/mol. The van der Waals surface area contributed by atoms with E-state index in [1.807, 2.05) is 27.8 Å². The van der Waals surface area contributed by atoms with Gasteiger partial charge in [0.1, 0.15) is 0 Å². The molecule has 0 amide bonds. The van der Waals surface area contributed by atoms with E-state index in [0.29, 0.717) is 5.92 Å². The minimum absolute atomic E-state index is 0.172. The van der Waals surface area contributed by atoms with Crippen molar-refractivity contribution in [2.45, 2.75) is 34.6 Å². The van der Waals surface area contributed by atoms with Crippen molar-refractivity contribution in [1.82, 2.24) is 5.32 Å². The summed E-state index contributed by atoms with van der Waals surface area (Å²) in [5.41, 5.74) is 0.719. The highest BCUT2D eigenvalue weighted by Crippen LogP contribution is 2.17. The van der Waals surface area contributed by atoms with Crippen LogP contribution in [0, 0.1) is 11.3 Å². The van der Waals surface area contributed by atoms with Gasteiger partial charge in [-0.3, -0.25) is 4.79 Å². The molecule has 0 rings (SSSR count). The maximum atomic E-state index is 11.6. The van der Waals surface area contributed by atoms with Crippen molar-refractivity contribution in [3.05, 3.63) is 11.8 Å². The largest absolute Gasteiger partial charge is 0.391 e. The summed E-state index contributed by atoms with van der Waals surface area (Å²) in [6, 6.07) is 0. The van der Waals surface area contributed by atoms with Crippen LogP contribution in [0.15, 0.2) is 11.8 Å². The van der Waals surface area contributed by atoms with E-state index in [9.17, 15) is 4.79 Å². The first-order chi connectivity index (χ1) is 5.79. The Kier molecular flexibility index (Phi) is 4.18. The lowest BCUT2D eigenvalue weighted by Gasteiger charge is -2.16. The van der Waals surface area contributed by atoms with Gasteiger partial charge in [0.2, 0.25) is 0 Å². The Hall–Kier alpha value is -0.790. The number of nitrogens with one attached hydrogen (secondary N) is 1. The number of carbonyl (C=O) groups excluding carboxylic acids is 1. The summed E-state index contributed by atoms with van der Waals surface area (Å²) in [4.78, 5) is 11.6. The number of allylic oxidation sites excluding steroid dienone is 2. The predicted molar refractivity (Wildman–Crippen MR) is 56.4 cm³/mol. The minimum Gasteiger partial charge on any atom is -0.391 e. The van der Waals surface area contributed by atoms with Crippen LogP contribution in [0.25, 0.3) is 0 Å².